The van der Waals surface area contributed by atoms with E-state index in [2.05, 4.69) is 83.0 Å². The van der Waals surface area contributed by atoms with E-state index in [0.717, 1.165) is 154 Å². The van der Waals surface area contributed by atoms with Gasteiger partial charge in [-0.05, 0) is 109 Å². The van der Waals surface area contributed by atoms with Crippen LogP contribution in [0.15, 0.2) is 24.3 Å². The Hall–Kier alpha value is -3.49. The van der Waals surface area contributed by atoms with E-state index >= 15 is 0 Å². The molecule has 14 heteroatoms. The Labute approximate surface area is 451 Å². The summed E-state index contributed by atoms with van der Waals surface area (Å²) in [7, 11) is 0. The summed E-state index contributed by atoms with van der Waals surface area (Å²) in [6.45, 7) is 20.7. The number of hydrogen-bond acceptors (Lipinski definition) is 13. The molecular weight excluding hydrogens is 941 g/mol. The summed E-state index contributed by atoms with van der Waals surface area (Å²) in [5.41, 5.74) is 0. The Balaban J connectivity index is 5.67. The highest BCUT2D eigenvalue weighted by Crippen LogP contribution is 2.21. The molecule has 0 saturated heterocycles. The topological polar surface area (TPSA) is 165 Å². The number of nitrogens with one attached hydrogen (secondary N) is 1. The number of alkyl carbamates (subject to hydrolysis) is 1. The molecule has 1 amide bonds. The number of ether oxygens (including phenoxy) is 7. The van der Waals surface area contributed by atoms with Crippen LogP contribution in [0.5, 0.6) is 0 Å². The van der Waals surface area contributed by atoms with E-state index in [4.69, 9.17) is 33.2 Å². The maximum atomic E-state index is 13.5. The van der Waals surface area contributed by atoms with Crippen molar-refractivity contribution in [2.45, 2.75) is 267 Å². The number of carbonyl (C=O) groups excluding carboxylic acids is 5. The Morgan fingerprint density at radius 3 is 1.64 bits per heavy atom. The van der Waals surface area contributed by atoms with Crippen molar-refractivity contribution >= 4 is 30.0 Å². The fourth-order valence-electron chi connectivity index (χ4n) is 8.24. The number of amides is 1. The number of allylic oxidation sites excluding steroid dienone is 4. The first-order chi connectivity index (χ1) is 36.0. The van der Waals surface area contributed by atoms with Crippen LogP contribution in [-0.4, -0.2) is 106 Å². The summed E-state index contributed by atoms with van der Waals surface area (Å²) >= 11 is 0. The molecule has 14 nitrogen and oxygen atoms in total. The van der Waals surface area contributed by atoms with Gasteiger partial charge in [-0.3, -0.25) is 19.2 Å². The highest BCUT2D eigenvalue weighted by atomic mass is 16.7. The van der Waals surface area contributed by atoms with Crippen LogP contribution in [0.2, 0.25) is 0 Å². The van der Waals surface area contributed by atoms with E-state index < -0.39 is 48.6 Å². The lowest BCUT2D eigenvalue weighted by molar-refractivity contribution is -0.202. The molecule has 0 saturated carbocycles. The molecule has 0 aromatic rings. The van der Waals surface area contributed by atoms with Crippen LogP contribution < -0.4 is 5.32 Å². The van der Waals surface area contributed by atoms with Crippen LogP contribution in [0.1, 0.15) is 248 Å². The summed E-state index contributed by atoms with van der Waals surface area (Å²) in [5, 5.41) is 2.85. The van der Waals surface area contributed by atoms with Gasteiger partial charge in [0.1, 0.15) is 12.7 Å². The van der Waals surface area contributed by atoms with E-state index in [0.29, 0.717) is 52.0 Å². The van der Waals surface area contributed by atoms with Crippen LogP contribution in [0, 0.1) is 11.8 Å². The van der Waals surface area contributed by atoms with Crippen molar-refractivity contribution < 1.29 is 57.1 Å². The summed E-state index contributed by atoms with van der Waals surface area (Å²) < 4.78 is 41.1. The fourth-order valence-corrected chi connectivity index (χ4v) is 8.24. The van der Waals surface area contributed by atoms with Gasteiger partial charge >= 0.3 is 30.0 Å². The number of rotatable bonds is 52. The zero-order chi connectivity index (χ0) is 54.7. The fraction of sp³-hybridized carbons (Fsp3) is 0.850. The van der Waals surface area contributed by atoms with Crippen molar-refractivity contribution in [3.05, 3.63) is 24.3 Å². The number of unbranched alkanes of at least 4 members (excludes halogenated alkanes) is 14. The van der Waals surface area contributed by atoms with E-state index in [-0.39, 0.29) is 44.2 Å². The van der Waals surface area contributed by atoms with Gasteiger partial charge in [-0.2, -0.15) is 0 Å². The minimum absolute atomic E-state index is 0.0199. The third-order valence-corrected chi connectivity index (χ3v) is 13.1. The first kappa shape index (κ1) is 70.5. The molecule has 0 aliphatic carbocycles. The third kappa shape index (κ3) is 42.7. The molecule has 4 unspecified atom stereocenters. The zero-order valence-electron chi connectivity index (χ0n) is 48.4. The number of esters is 4. The molecular formula is C60H110N2O12. The molecule has 432 valence electrons. The van der Waals surface area contributed by atoms with Crippen LogP contribution in [-0.2, 0) is 52.3 Å². The smallest absolute Gasteiger partial charge is 0.407 e. The van der Waals surface area contributed by atoms with Gasteiger partial charge in [-0.15, -0.1) is 0 Å². The maximum Gasteiger partial charge on any atom is 0.407 e. The first-order valence-corrected chi connectivity index (χ1v) is 29.9. The predicted molar refractivity (Wildman–Crippen MR) is 297 cm³/mol. The van der Waals surface area contributed by atoms with E-state index in [1.165, 1.54) is 6.42 Å². The van der Waals surface area contributed by atoms with Crippen molar-refractivity contribution in [3.63, 3.8) is 0 Å². The van der Waals surface area contributed by atoms with Crippen molar-refractivity contribution in [3.8, 4) is 0 Å². The molecule has 0 spiro atoms. The van der Waals surface area contributed by atoms with Gasteiger partial charge in [0.2, 0.25) is 0 Å². The van der Waals surface area contributed by atoms with Crippen LogP contribution >= 0.6 is 0 Å². The Kier molecular flexibility index (Phi) is 49.2. The molecule has 0 bridgehead atoms. The second-order valence-corrected chi connectivity index (χ2v) is 19.9. The molecule has 0 rings (SSSR count). The molecule has 0 aliphatic heterocycles. The summed E-state index contributed by atoms with van der Waals surface area (Å²) in [4.78, 5) is 67.8. The molecule has 0 aliphatic rings. The molecule has 0 aromatic heterocycles. The van der Waals surface area contributed by atoms with Crippen LogP contribution in [0.4, 0.5) is 4.79 Å². The normalized spacial score (nSPS) is 13.3. The molecule has 0 aromatic carbocycles. The quantitative estimate of drug-likeness (QED) is 0.0201. The van der Waals surface area contributed by atoms with Gasteiger partial charge < -0.3 is 43.4 Å². The van der Waals surface area contributed by atoms with Crippen molar-refractivity contribution in [2.75, 3.05) is 52.6 Å². The maximum absolute atomic E-state index is 13.5. The van der Waals surface area contributed by atoms with Gasteiger partial charge in [-0.25, -0.2) is 4.79 Å². The zero-order valence-corrected chi connectivity index (χ0v) is 48.4. The highest BCUT2D eigenvalue weighted by Gasteiger charge is 2.28. The lowest BCUT2D eigenvalue weighted by Crippen LogP contribution is -2.36. The number of carbonyl (C=O) groups is 5. The number of nitrogens with zero attached hydrogens (tertiary/aromatic N) is 1. The Bertz CT molecular complexity index is 1400. The molecule has 0 fully saturated rings. The van der Waals surface area contributed by atoms with Crippen LogP contribution in [0.25, 0.3) is 0 Å². The average molecular weight is 1050 g/mol. The van der Waals surface area contributed by atoms with E-state index in [1.54, 1.807) is 6.92 Å². The largest absolute Gasteiger partial charge is 0.465 e. The first-order valence-electron chi connectivity index (χ1n) is 29.9. The second-order valence-electron chi connectivity index (χ2n) is 19.9. The Morgan fingerprint density at radius 2 is 1.04 bits per heavy atom. The van der Waals surface area contributed by atoms with E-state index in [9.17, 15) is 24.0 Å². The van der Waals surface area contributed by atoms with Gasteiger partial charge in [0.25, 0.3) is 6.29 Å². The lowest BCUT2D eigenvalue weighted by Gasteiger charge is -2.25. The Morgan fingerprint density at radius 1 is 0.500 bits per heavy atom. The molecule has 0 radical (unpaired) electrons. The molecule has 4 atom stereocenters. The van der Waals surface area contributed by atoms with Crippen LogP contribution in [0.3, 0.4) is 0 Å². The third-order valence-electron chi connectivity index (χ3n) is 13.1. The molecule has 0 heterocycles. The average Bonchev–Trinajstić information content (AvgIpc) is 3.39. The van der Waals surface area contributed by atoms with E-state index in [1.807, 2.05) is 0 Å². The SMILES string of the molecule is CC/C=C\CCCCOC(CCC(=O)OC(OC(=O)CCCCCCOC(=O)C(CCCC)CCCCCC)C(C)COC(=O)CCC(CCCCCC)OC(=O)NCCN(CC)CC)OCCCC/C=C\CC. The van der Waals surface area contributed by atoms with Crippen molar-refractivity contribution in [2.24, 2.45) is 11.8 Å². The lowest BCUT2D eigenvalue weighted by atomic mass is 9.95. The van der Waals surface area contributed by atoms with Gasteiger partial charge in [0.05, 0.1) is 24.9 Å². The number of hydrogen-bond donors (Lipinski definition) is 1. The molecule has 1 N–H and O–H groups in total. The number of likely N-dealkylation sites (N-methyl/N-ethyl adjacent to an activating group) is 1. The predicted octanol–water partition coefficient (Wildman–Crippen LogP) is 14.4. The molecule has 74 heavy (non-hydrogen) atoms. The van der Waals surface area contributed by atoms with Gasteiger partial charge in [-0.1, -0.05) is 150 Å². The van der Waals surface area contributed by atoms with Crippen molar-refractivity contribution in [1.29, 1.82) is 0 Å². The summed E-state index contributed by atoms with van der Waals surface area (Å²) in [6.07, 6.45) is 30.0. The summed E-state index contributed by atoms with van der Waals surface area (Å²) in [5.74, 6) is -2.42. The monoisotopic (exact) mass is 1050 g/mol. The van der Waals surface area contributed by atoms with Gasteiger partial charge in [0.15, 0.2) is 6.29 Å². The second kappa shape index (κ2) is 51.6. The minimum atomic E-state index is -1.30. The highest BCUT2D eigenvalue weighted by molar-refractivity contribution is 5.72. The summed E-state index contributed by atoms with van der Waals surface area (Å²) in [6, 6.07) is 0. The standard InChI is InChI=1S/C60H110N2O12/c1-9-16-21-25-28-34-47-68-57(69-48-35-29-26-22-17-10-2)44-43-56(65)74-59(73-55(64)40-33-27-30-36-49-70-58(66)52(37-20-13-5)38-31-23-18-11-3)51(8)50-71-54(63)42-41-53(39-32-24-19-12-4)72-60(67)61-45-46-62(14-6)15-7/h16-17,21-22,51-53,57,59H,9-15,18-20,23-50H2,1-8H3,(H,61,67)/b21-16-,22-17-. The van der Waals surface area contributed by atoms with Crippen molar-refractivity contribution in [1.82, 2.24) is 10.2 Å². The minimum Gasteiger partial charge on any atom is -0.465 e. The van der Waals surface area contributed by atoms with Gasteiger partial charge in [0, 0.05) is 45.6 Å².